The number of aromatic nitrogens is 1. The molecule has 0 unspecified atom stereocenters. The number of carbonyl (C=O) groups excluding carboxylic acids is 1. The number of likely N-dealkylation sites (tertiary alicyclic amines) is 1. The van der Waals surface area contributed by atoms with Crippen LogP contribution in [0.5, 0.6) is 0 Å². The van der Waals surface area contributed by atoms with Gasteiger partial charge in [0.2, 0.25) is 5.91 Å². The maximum absolute atomic E-state index is 15.3. The van der Waals surface area contributed by atoms with Crippen molar-refractivity contribution in [3.05, 3.63) is 66.1 Å². The first-order chi connectivity index (χ1) is 19.1. The number of hydrogen-bond donors (Lipinski definition) is 0. The smallest absolute Gasteiger partial charge is 0.230 e. The predicted octanol–water partition coefficient (Wildman–Crippen LogP) is 5.65. The lowest BCUT2D eigenvalue weighted by atomic mass is 9.94. The van der Waals surface area contributed by atoms with Crippen molar-refractivity contribution in [3.8, 4) is 0 Å². The van der Waals surface area contributed by atoms with Gasteiger partial charge >= 0.3 is 0 Å². The van der Waals surface area contributed by atoms with Crippen molar-refractivity contribution in [2.45, 2.75) is 45.1 Å². The second-order valence-electron chi connectivity index (χ2n) is 11.4. The molecule has 6 nitrogen and oxygen atoms in total. The van der Waals surface area contributed by atoms with Crippen molar-refractivity contribution in [1.82, 2.24) is 9.88 Å². The minimum absolute atomic E-state index is 0.0332. The number of ether oxygens (including phenoxy) is 1. The van der Waals surface area contributed by atoms with E-state index in [1.807, 2.05) is 34.1 Å². The Hall–Kier alpha value is -3.03. The van der Waals surface area contributed by atoms with Crippen LogP contribution >= 0.6 is 0 Å². The molecule has 39 heavy (non-hydrogen) atoms. The Bertz CT molecular complexity index is 1280. The van der Waals surface area contributed by atoms with E-state index < -0.39 is 0 Å². The summed E-state index contributed by atoms with van der Waals surface area (Å²) in [6.45, 7) is 5.83. The second-order valence-corrected chi connectivity index (χ2v) is 11.4. The number of piperidine rings is 1. The molecule has 0 atom stereocenters. The molecule has 2 aromatic carbocycles. The summed E-state index contributed by atoms with van der Waals surface area (Å²) in [5.41, 5.74) is 3.39. The Kier molecular flexibility index (Phi) is 8.07. The number of nitrogens with zero attached hydrogens (tertiary/aromatic N) is 4. The molecular weight excluding hydrogens is 491 g/mol. The number of morpholine rings is 1. The molecule has 1 aromatic heterocycles. The number of amides is 1. The number of benzene rings is 2. The Morgan fingerprint density at radius 1 is 0.949 bits per heavy atom. The van der Waals surface area contributed by atoms with Gasteiger partial charge in [0.1, 0.15) is 5.82 Å². The fourth-order valence-electron chi connectivity index (χ4n) is 6.48. The third kappa shape index (κ3) is 6.10. The van der Waals surface area contributed by atoms with Gasteiger partial charge in [-0.3, -0.25) is 14.7 Å². The maximum Gasteiger partial charge on any atom is 0.230 e. The quantitative estimate of drug-likeness (QED) is 0.395. The van der Waals surface area contributed by atoms with Crippen molar-refractivity contribution < 1.29 is 13.9 Å². The minimum Gasteiger partial charge on any atom is -0.378 e. The van der Waals surface area contributed by atoms with E-state index in [0.717, 1.165) is 61.9 Å². The maximum atomic E-state index is 15.3. The van der Waals surface area contributed by atoms with E-state index in [9.17, 15) is 4.79 Å². The van der Waals surface area contributed by atoms with Gasteiger partial charge < -0.3 is 14.5 Å². The molecule has 2 saturated heterocycles. The first-order valence-electron chi connectivity index (χ1n) is 14.6. The van der Waals surface area contributed by atoms with Gasteiger partial charge in [-0.2, -0.15) is 0 Å². The van der Waals surface area contributed by atoms with Crippen molar-refractivity contribution >= 4 is 28.2 Å². The number of pyridine rings is 1. The van der Waals surface area contributed by atoms with Crippen molar-refractivity contribution in [2.24, 2.45) is 11.8 Å². The summed E-state index contributed by atoms with van der Waals surface area (Å²) >= 11 is 0. The lowest BCUT2D eigenvalue weighted by molar-refractivity contribution is -0.124. The standard InChI is InChI=1S/C32H39FN4O2/c33-29-21-28(11-12-31(29)36-17-19-39-20-18-36)37(22-24-5-1-2-6-24)32(38)26-13-15-35(16-14-26)23-27-10-9-25-7-3-4-8-30(25)34-27/h3-4,7-12,21,24,26H,1-2,5-6,13-20,22-23H2. The summed E-state index contributed by atoms with van der Waals surface area (Å²) in [7, 11) is 0. The van der Waals surface area contributed by atoms with E-state index in [-0.39, 0.29) is 17.6 Å². The molecule has 0 bridgehead atoms. The molecule has 0 radical (unpaired) electrons. The first-order valence-corrected chi connectivity index (χ1v) is 14.6. The van der Waals surface area contributed by atoms with Crippen molar-refractivity contribution in [2.75, 3.05) is 55.7 Å². The Balaban J connectivity index is 1.13. The van der Waals surface area contributed by atoms with E-state index in [1.54, 1.807) is 6.07 Å². The van der Waals surface area contributed by atoms with Crippen LogP contribution in [0.1, 0.15) is 44.2 Å². The van der Waals surface area contributed by atoms with Crippen LogP contribution < -0.4 is 9.80 Å². The van der Waals surface area contributed by atoms with Gasteiger partial charge in [-0.1, -0.05) is 37.1 Å². The number of rotatable bonds is 7. The molecule has 3 aromatic rings. The van der Waals surface area contributed by atoms with Gasteiger partial charge in [-0.05, 0) is 75.0 Å². The molecule has 206 valence electrons. The Morgan fingerprint density at radius 2 is 1.72 bits per heavy atom. The van der Waals surface area contributed by atoms with Crippen LogP contribution in [-0.4, -0.2) is 61.7 Å². The molecule has 0 N–H and O–H groups in total. The first kappa shape index (κ1) is 26.2. The van der Waals surface area contributed by atoms with E-state index in [4.69, 9.17) is 9.72 Å². The number of hydrogen-bond acceptors (Lipinski definition) is 5. The molecule has 1 aliphatic carbocycles. The third-order valence-corrected chi connectivity index (χ3v) is 8.75. The topological polar surface area (TPSA) is 48.9 Å². The molecule has 3 aliphatic rings. The van der Waals surface area contributed by atoms with Crippen molar-refractivity contribution in [1.29, 1.82) is 0 Å². The second kappa shape index (κ2) is 12.0. The Morgan fingerprint density at radius 3 is 2.49 bits per heavy atom. The van der Waals surface area contributed by atoms with Crippen LogP contribution in [0.4, 0.5) is 15.8 Å². The van der Waals surface area contributed by atoms with Gasteiger partial charge in [-0.15, -0.1) is 0 Å². The summed E-state index contributed by atoms with van der Waals surface area (Å²) in [5, 5.41) is 1.15. The minimum atomic E-state index is -0.253. The van der Waals surface area contributed by atoms with Crippen molar-refractivity contribution in [3.63, 3.8) is 0 Å². The number of fused-ring (bicyclic) bond motifs is 1. The van der Waals surface area contributed by atoms with E-state index >= 15 is 4.39 Å². The van der Waals surface area contributed by atoms with E-state index in [0.29, 0.717) is 50.1 Å². The average Bonchev–Trinajstić information content (AvgIpc) is 3.50. The van der Waals surface area contributed by atoms with Crippen LogP contribution in [0, 0.1) is 17.7 Å². The lowest BCUT2D eigenvalue weighted by Crippen LogP contribution is -2.44. The van der Waals surface area contributed by atoms with Crippen LogP contribution in [0.15, 0.2) is 54.6 Å². The highest BCUT2D eigenvalue weighted by Crippen LogP contribution is 2.32. The highest BCUT2D eigenvalue weighted by Gasteiger charge is 2.32. The van der Waals surface area contributed by atoms with Gasteiger partial charge in [0.15, 0.2) is 0 Å². The van der Waals surface area contributed by atoms with Crippen LogP contribution in [0.2, 0.25) is 0 Å². The highest BCUT2D eigenvalue weighted by molar-refractivity contribution is 5.95. The largest absolute Gasteiger partial charge is 0.378 e. The zero-order valence-electron chi connectivity index (χ0n) is 22.7. The zero-order chi connectivity index (χ0) is 26.6. The molecule has 3 fully saturated rings. The lowest BCUT2D eigenvalue weighted by Gasteiger charge is -2.35. The summed E-state index contributed by atoms with van der Waals surface area (Å²) in [5.74, 6) is 0.365. The fraction of sp³-hybridized carbons (Fsp3) is 0.500. The predicted molar refractivity (Wildman–Crippen MR) is 153 cm³/mol. The number of halogens is 1. The summed E-state index contributed by atoms with van der Waals surface area (Å²) in [4.78, 5) is 25.1. The molecule has 1 saturated carbocycles. The third-order valence-electron chi connectivity index (χ3n) is 8.75. The molecule has 2 aliphatic heterocycles. The number of anilines is 2. The normalized spacial score (nSPS) is 19.6. The summed E-state index contributed by atoms with van der Waals surface area (Å²) in [6.07, 6.45) is 6.38. The zero-order valence-corrected chi connectivity index (χ0v) is 22.7. The molecular formula is C32H39FN4O2. The SMILES string of the molecule is O=C(C1CCN(Cc2ccc3ccccc3n2)CC1)N(CC1CCCC1)c1ccc(N2CCOCC2)c(F)c1. The van der Waals surface area contributed by atoms with Gasteiger partial charge in [0, 0.05) is 43.2 Å². The average molecular weight is 531 g/mol. The Labute approximate surface area is 230 Å². The van der Waals surface area contributed by atoms with Crippen LogP contribution in [-0.2, 0) is 16.1 Å². The molecule has 0 spiro atoms. The van der Waals surface area contributed by atoms with E-state index in [2.05, 4.69) is 29.2 Å². The molecule has 6 rings (SSSR count). The van der Waals surface area contributed by atoms with Gasteiger partial charge in [-0.25, -0.2) is 4.39 Å². The monoisotopic (exact) mass is 530 g/mol. The van der Waals surface area contributed by atoms with Gasteiger partial charge in [0.05, 0.1) is 30.1 Å². The number of para-hydroxylation sites is 1. The molecule has 1 amide bonds. The fourth-order valence-corrected chi connectivity index (χ4v) is 6.48. The van der Waals surface area contributed by atoms with E-state index in [1.165, 1.54) is 12.8 Å². The van der Waals surface area contributed by atoms with Gasteiger partial charge in [0.25, 0.3) is 0 Å². The van der Waals surface area contributed by atoms with Crippen LogP contribution in [0.3, 0.4) is 0 Å². The molecule has 7 heteroatoms. The summed E-state index contributed by atoms with van der Waals surface area (Å²) < 4.78 is 20.8. The van der Waals surface area contributed by atoms with Crippen LogP contribution in [0.25, 0.3) is 10.9 Å². The molecule has 3 heterocycles. The highest BCUT2D eigenvalue weighted by atomic mass is 19.1. The number of carbonyl (C=O) groups is 1. The summed E-state index contributed by atoms with van der Waals surface area (Å²) in [6, 6.07) is 17.8.